The van der Waals surface area contributed by atoms with Crippen LogP contribution in [-0.2, 0) is 6.54 Å². The standard InChI is InChI=1S/C18H16F2N4O/c19-17(20)15-16(23-9-8-21-10-14(23)22-15)18(25)24(13-6-7-13)11-12-4-2-1-3-5-12/h1-5,8-10,13,17H,6-7,11H2. The molecule has 5 nitrogen and oxygen atoms in total. The van der Waals surface area contributed by atoms with Gasteiger partial charge in [-0.3, -0.25) is 14.2 Å². The lowest BCUT2D eigenvalue weighted by molar-refractivity contribution is 0.0709. The summed E-state index contributed by atoms with van der Waals surface area (Å²) in [6.07, 6.45) is 3.29. The first-order valence-corrected chi connectivity index (χ1v) is 8.10. The van der Waals surface area contributed by atoms with Crippen LogP contribution in [0.25, 0.3) is 5.65 Å². The third-order valence-corrected chi connectivity index (χ3v) is 4.31. The number of benzene rings is 1. The van der Waals surface area contributed by atoms with E-state index in [1.54, 1.807) is 4.90 Å². The molecule has 4 rings (SSSR count). The Kier molecular flexibility index (Phi) is 3.91. The van der Waals surface area contributed by atoms with Gasteiger partial charge in [0.05, 0.1) is 6.20 Å². The highest BCUT2D eigenvalue weighted by atomic mass is 19.3. The van der Waals surface area contributed by atoms with Gasteiger partial charge in [-0.15, -0.1) is 0 Å². The fourth-order valence-corrected chi connectivity index (χ4v) is 2.96. The Bertz CT molecular complexity index is 906. The van der Waals surface area contributed by atoms with Gasteiger partial charge in [-0.25, -0.2) is 13.8 Å². The van der Waals surface area contributed by atoms with E-state index in [-0.39, 0.29) is 17.4 Å². The number of nitrogens with zero attached hydrogens (tertiary/aromatic N) is 4. The molecule has 1 aromatic carbocycles. The second kappa shape index (κ2) is 6.23. The molecule has 0 bridgehead atoms. The van der Waals surface area contributed by atoms with E-state index < -0.39 is 18.0 Å². The monoisotopic (exact) mass is 342 g/mol. The lowest BCUT2D eigenvalue weighted by Crippen LogP contribution is -2.34. The molecule has 7 heteroatoms. The highest BCUT2D eigenvalue weighted by Crippen LogP contribution is 2.32. The molecular weight excluding hydrogens is 326 g/mol. The molecule has 0 N–H and O–H groups in total. The molecule has 0 spiro atoms. The van der Waals surface area contributed by atoms with E-state index >= 15 is 0 Å². The largest absolute Gasteiger partial charge is 0.330 e. The summed E-state index contributed by atoms with van der Waals surface area (Å²) in [7, 11) is 0. The van der Waals surface area contributed by atoms with Crippen LogP contribution in [0.4, 0.5) is 8.78 Å². The molecule has 1 fully saturated rings. The summed E-state index contributed by atoms with van der Waals surface area (Å²) in [5.41, 5.74) is 0.653. The zero-order chi connectivity index (χ0) is 17.4. The maximum absolute atomic E-state index is 13.5. The number of carbonyl (C=O) groups excluding carboxylic acids is 1. The number of hydrogen-bond acceptors (Lipinski definition) is 3. The summed E-state index contributed by atoms with van der Waals surface area (Å²) in [5, 5.41) is 0. The molecule has 0 atom stereocenters. The highest BCUT2D eigenvalue weighted by molar-refractivity contribution is 5.95. The Morgan fingerprint density at radius 2 is 2.04 bits per heavy atom. The molecule has 0 unspecified atom stereocenters. The Morgan fingerprint density at radius 3 is 2.72 bits per heavy atom. The van der Waals surface area contributed by atoms with Gasteiger partial charge < -0.3 is 4.90 Å². The molecule has 3 aromatic rings. The number of rotatable bonds is 5. The van der Waals surface area contributed by atoms with Crippen LogP contribution >= 0.6 is 0 Å². The molecule has 1 aliphatic rings. The fourth-order valence-electron chi connectivity index (χ4n) is 2.96. The number of amides is 1. The SMILES string of the molecule is O=C(c1c(C(F)F)nc2cnccn12)N(Cc1ccccc1)C1CC1. The van der Waals surface area contributed by atoms with Gasteiger partial charge >= 0.3 is 0 Å². The van der Waals surface area contributed by atoms with E-state index in [0.717, 1.165) is 18.4 Å². The third-order valence-electron chi connectivity index (χ3n) is 4.31. The van der Waals surface area contributed by atoms with Crippen LogP contribution in [0.1, 0.15) is 41.0 Å². The number of halogens is 2. The van der Waals surface area contributed by atoms with Gasteiger partial charge in [-0.1, -0.05) is 30.3 Å². The van der Waals surface area contributed by atoms with Crippen LogP contribution in [-0.4, -0.2) is 31.2 Å². The molecule has 2 heterocycles. The first-order valence-electron chi connectivity index (χ1n) is 8.10. The summed E-state index contributed by atoms with van der Waals surface area (Å²) >= 11 is 0. The van der Waals surface area contributed by atoms with Gasteiger partial charge in [0, 0.05) is 25.0 Å². The molecule has 1 amide bonds. The topological polar surface area (TPSA) is 50.5 Å². The van der Waals surface area contributed by atoms with Crippen molar-refractivity contribution in [2.24, 2.45) is 0 Å². The molecule has 2 aromatic heterocycles. The van der Waals surface area contributed by atoms with Gasteiger partial charge in [0.15, 0.2) is 5.65 Å². The van der Waals surface area contributed by atoms with Crippen LogP contribution in [0.15, 0.2) is 48.9 Å². The van der Waals surface area contributed by atoms with Crippen LogP contribution in [0.3, 0.4) is 0 Å². The summed E-state index contributed by atoms with van der Waals surface area (Å²) in [5.74, 6) is -0.416. The number of aromatic nitrogens is 3. The Morgan fingerprint density at radius 1 is 1.28 bits per heavy atom. The Labute approximate surface area is 142 Å². The zero-order valence-corrected chi connectivity index (χ0v) is 13.3. The minimum Gasteiger partial charge on any atom is -0.330 e. The third kappa shape index (κ3) is 2.97. The second-order valence-electron chi connectivity index (χ2n) is 6.10. The molecule has 1 saturated carbocycles. The zero-order valence-electron chi connectivity index (χ0n) is 13.3. The van der Waals surface area contributed by atoms with Crippen molar-refractivity contribution in [2.75, 3.05) is 0 Å². The minimum absolute atomic E-state index is 0.0739. The van der Waals surface area contributed by atoms with Crippen LogP contribution in [0.5, 0.6) is 0 Å². The van der Waals surface area contributed by atoms with E-state index in [9.17, 15) is 13.6 Å². The molecule has 0 radical (unpaired) electrons. The van der Waals surface area contributed by atoms with Gasteiger partial charge in [0.1, 0.15) is 11.4 Å². The van der Waals surface area contributed by atoms with Crippen molar-refractivity contribution in [3.8, 4) is 0 Å². The minimum atomic E-state index is -2.82. The van der Waals surface area contributed by atoms with Crippen molar-refractivity contribution in [3.05, 3.63) is 65.9 Å². The normalized spacial score (nSPS) is 14.2. The van der Waals surface area contributed by atoms with Gasteiger partial charge in [-0.2, -0.15) is 0 Å². The van der Waals surface area contributed by atoms with Gasteiger partial charge in [0.25, 0.3) is 12.3 Å². The molecule has 25 heavy (non-hydrogen) atoms. The van der Waals surface area contributed by atoms with Crippen molar-refractivity contribution >= 4 is 11.6 Å². The molecule has 0 aliphatic heterocycles. The maximum atomic E-state index is 13.5. The summed E-state index contributed by atoms with van der Waals surface area (Å²) < 4.78 is 28.3. The smallest absolute Gasteiger partial charge is 0.282 e. The van der Waals surface area contributed by atoms with Crippen molar-refractivity contribution in [3.63, 3.8) is 0 Å². The van der Waals surface area contributed by atoms with Crippen molar-refractivity contribution in [2.45, 2.75) is 31.9 Å². The second-order valence-corrected chi connectivity index (χ2v) is 6.10. The van der Waals surface area contributed by atoms with Crippen molar-refractivity contribution in [1.82, 2.24) is 19.3 Å². The maximum Gasteiger partial charge on any atom is 0.282 e. The van der Waals surface area contributed by atoms with E-state index in [1.807, 2.05) is 30.3 Å². The van der Waals surface area contributed by atoms with Crippen molar-refractivity contribution in [1.29, 1.82) is 0 Å². The van der Waals surface area contributed by atoms with Crippen LogP contribution in [0.2, 0.25) is 0 Å². The fraction of sp³-hybridized carbons (Fsp3) is 0.278. The first kappa shape index (κ1) is 15.7. The van der Waals surface area contributed by atoms with E-state index in [0.29, 0.717) is 6.54 Å². The quantitative estimate of drug-likeness (QED) is 0.713. The predicted octanol–water partition coefficient (Wildman–Crippen LogP) is 3.47. The molecular formula is C18H16F2N4O. The molecule has 0 saturated heterocycles. The van der Waals surface area contributed by atoms with E-state index in [1.165, 1.54) is 23.0 Å². The van der Waals surface area contributed by atoms with Gasteiger partial charge in [-0.05, 0) is 18.4 Å². The first-order chi connectivity index (χ1) is 12.1. The summed E-state index contributed by atoms with van der Waals surface area (Å²) in [6.45, 7) is 0.394. The van der Waals surface area contributed by atoms with Crippen LogP contribution in [0, 0.1) is 0 Å². The highest BCUT2D eigenvalue weighted by Gasteiger charge is 2.36. The summed E-state index contributed by atoms with van der Waals surface area (Å²) in [4.78, 5) is 22.6. The number of alkyl halides is 2. The number of hydrogen-bond donors (Lipinski definition) is 0. The number of carbonyl (C=O) groups is 1. The van der Waals surface area contributed by atoms with E-state index in [4.69, 9.17) is 0 Å². The number of imidazole rings is 1. The van der Waals surface area contributed by atoms with Crippen molar-refractivity contribution < 1.29 is 13.6 Å². The molecule has 128 valence electrons. The van der Waals surface area contributed by atoms with E-state index in [2.05, 4.69) is 9.97 Å². The predicted molar refractivity (Wildman–Crippen MR) is 87.3 cm³/mol. The molecule has 1 aliphatic carbocycles. The summed E-state index contributed by atoms with van der Waals surface area (Å²) in [6, 6.07) is 9.64. The number of fused-ring (bicyclic) bond motifs is 1. The van der Waals surface area contributed by atoms with Crippen LogP contribution < -0.4 is 0 Å². The average Bonchev–Trinajstić information content (AvgIpc) is 3.39. The average molecular weight is 342 g/mol. The van der Waals surface area contributed by atoms with Gasteiger partial charge in [0.2, 0.25) is 0 Å². The lowest BCUT2D eigenvalue weighted by atomic mass is 10.2. The Balaban J connectivity index is 1.75. The Hall–Kier alpha value is -2.83. The lowest BCUT2D eigenvalue weighted by Gasteiger charge is -2.23.